The summed E-state index contributed by atoms with van der Waals surface area (Å²) in [6, 6.07) is 0. The molecular weight excluding hydrogens is 232 g/mol. The summed E-state index contributed by atoms with van der Waals surface area (Å²) in [5.41, 5.74) is 0. The van der Waals surface area contributed by atoms with Gasteiger partial charge in [-0.25, -0.2) is 0 Å². The smallest absolute Gasteiger partial charge is 0.310 e. The molecule has 0 aromatic heterocycles. The van der Waals surface area contributed by atoms with Gasteiger partial charge in [0.2, 0.25) is 0 Å². The molecule has 105 valence electrons. The molecule has 0 saturated carbocycles. The van der Waals surface area contributed by atoms with Crippen LogP contribution in [0.5, 0.6) is 0 Å². The third-order valence-corrected chi connectivity index (χ3v) is 3.06. The zero-order valence-electron chi connectivity index (χ0n) is 11.3. The van der Waals surface area contributed by atoms with Gasteiger partial charge in [0.1, 0.15) is 0 Å². The van der Waals surface area contributed by atoms with Gasteiger partial charge in [-0.05, 0) is 19.8 Å². The lowest BCUT2D eigenvalue weighted by Crippen LogP contribution is -2.06. The molecule has 0 saturated heterocycles. The van der Waals surface area contributed by atoms with E-state index in [0.29, 0.717) is 12.3 Å². The van der Waals surface area contributed by atoms with Crippen molar-refractivity contribution >= 4 is 11.9 Å². The second-order valence-electron chi connectivity index (χ2n) is 4.81. The van der Waals surface area contributed by atoms with E-state index >= 15 is 0 Å². The minimum absolute atomic E-state index is 0.282. The van der Waals surface area contributed by atoms with Crippen LogP contribution in [-0.4, -0.2) is 22.2 Å². The summed E-state index contributed by atoms with van der Waals surface area (Å²) in [5.74, 6) is -0.947. The molecule has 18 heavy (non-hydrogen) atoms. The van der Waals surface area contributed by atoms with Crippen molar-refractivity contribution in [3.8, 4) is 0 Å². The molecule has 0 unspecified atom stereocenters. The van der Waals surface area contributed by atoms with Crippen molar-refractivity contribution in [1.29, 1.82) is 0 Å². The van der Waals surface area contributed by atoms with Gasteiger partial charge in [0.15, 0.2) is 0 Å². The standard InChI is InChI=1S/C14H25O4/c1-12(14(17)18)10-8-6-4-2-3-5-7-9-11-13(15)16/h2-11H2,1H3,(H,15,16)(H,17,18). The lowest BCUT2D eigenvalue weighted by molar-refractivity contribution is -0.137. The molecular formula is C14H25O4. The van der Waals surface area contributed by atoms with E-state index < -0.39 is 11.9 Å². The van der Waals surface area contributed by atoms with E-state index in [4.69, 9.17) is 10.2 Å². The number of unbranched alkanes of at least 4 members (excludes halogenated alkanes) is 7. The molecule has 0 aliphatic rings. The molecule has 4 heteroatoms. The van der Waals surface area contributed by atoms with Crippen molar-refractivity contribution < 1.29 is 19.8 Å². The van der Waals surface area contributed by atoms with Gasteiger partial charge in [-0.1, -0.05) is 44.9 Å². The van der Waals surface area contributed by atoms with Gasteiger partial charge in [-0.3, -0.25) is 9.59 Å². The fourth-order valence-electron chi connectivity index (χ4n) is 1.83. The first-order chi connectivity index (χ1) is 8.54. The number of hydrogen-bond acceptors (Lipinski definition) is 2. The Labute approximate surface area is 109 Å². The second kappa shape index (κ2) is 11.1. The molecule has 2 N–H and O–H groups in total. The van der Waals surface area contributed by atoms with Crippen LogP contribution in [-0.2, 0) is 9.59 Å². The molecule has 0 heterocycles. The number of carbonyl (C=O) groups is 2. The number of carboxylic acids is 2. The summed E-state index contributed by atoms with van der Waals surface area (Å²) in [7, 11) is 0. The molecule has 0 aliphatic carbocycles. The topological polar surface area (TPSA) is 74.6 Å². The van der Waals surface area contributed by atoms with Crippen LogP contribution in [0.1, 0.15) is 71.1 Å². The van der Waals surface area contributed by atoms with Gasteiger partial charge < -0.3 is 10.2 Å². The Kier molecular flexibility index (Phi) is 10.4. The molecule has 0 bridgehead atoms. The highest BCUT2D eigenvalue weighted by atomic mass is 16.4. The molecule has 0 aromatic carbocycles. The Bertz CT molecular complexity index is 238. The van der Waals surface area contributed by atoms with Crippen LogP contribution in [0.15, 0.2) is 0 Å². The maximum Gasteiger partial charge on any atom is 0.310 e. The predicted octanol–water partition coefficient (Wildman–Crippen LogP) is 3.65. The number of rotatable bonds is 12. The van der Waals surface area contributed by atoms with Crippen molar-refractivity contribution in [2.75, 3.05) is 0 Å². The van der Waals surface area contributed by atoms with Gasteiger partial charge >= 0.3 is 11.9 Å². The zero-order chi connectivity index (χ0) is 13.8. The summed E-state index contributed by atoms with van der Waals surface area (Å²) in [6.07, 6.45) is 9.36. The van der Waals surface area contributed by atoms with Crippen molar-refractivity contribution in [2.45, 2.75) is 71.1 Å². The zero-order valence-corrected chi connectivity index (χ0v) is 11.3. The lowest BCUT2D eigenvalue weighted by atomic mass is 10.0. The fourth-order valence-corrected chi connectivity index (χ4v) is 1.83. The molecule has 0 aromatic rings. The predicted molar refractivity (Wildman–Crippen MR) is 70.4 cm³/mol. The normalized spacial score (nSPS) is 10.8. The van der Waals surface area contributed by atoms with Crippen molar-refractivity contribution in [1.82, 2.24) is 0 Å². The summed E-state index contributed by atoms with van der Waals surface area (Å²) in [6.45, 7) is 1.67. The maximum absolute atomic E-state index is 10.5. The summed E-state index contributed by atoms with van der Waals surface area (Å²) in [5, 5.41) is 17.1. The average molecular weight is 257 g/mol. The maximum atomic E-state index is 10.5. The first kappa shape index (κ1) is 16.9. The minimum Gasteiger partial charge on any atom is -0.481 e. The molecule has 0 fully saturated rings. The second-order valence-corrected chi connectivity index (χ2v) is 4.81. The molecule has 0 amide bonds. The van der Waals surface area contributed by atoms with Crippen molar-refractivity contribution in [2.24, 2.45) is 0 Å². The highest BCUT2D eigenvalue weighted by molar-refractivity contribution is 5.81. The Morgan fingerprint density at radius 1 is 0.722 bits per heavy atom. The van der Waals surface area contributed by atoms with E-state index in [1.54, 1.807) is 6.92 Å². The Morgan fingerprint density at radius 2 is 1.11 bits per heavy atom. The van der Waals surface area contributed by atoms with Gasteiger partial charge in [0, 0.05) is 6.42 Å². The van der Waals surface area contributed by atoms with Crippen LogP contribution in [0, 0.1) is 5.92 Å². The van der Waals surface area contributed by atoms with E-state index in [-0.39, 0.29) is 6.42 Å². The summed E-state index contributed by atoms with van der Waals surface area (Å²) in [4.78, 5) is 20.8. The number of aliphatic carboxylic acids is 2. The number of hydrogen-bond donors (Lipinski definition) is 2. The molecule has 1 radical (unpaired) electrons. The minimum atomic E-state index is -0.784. The Balaban J connectivity index is 3.12. The van der Waals surface area contributed by atoms with E-state index in [0.717, 1.165) is 44.9 Å². The van der Waals surface area contributed by atoms with Gasteiger partial charge in [-0.15, -0.1) is 0 Å². The first-order valence-electron chi connectivity index (χ1n) is 6.81. The van der Waals surface area contributed by atoms with Crippen LogP contribution < -0.4 is 0 Å². The monoisotopic (exact) mass is 257 g/mol. The van der Waals surface area contributed by atoms with Crippen molar-refractivity contribution in [3.63, 3.8) is 0 Å². The highest BCUT2D eigenvalue weighted by Crippen LogP contribution is 2.14. The fraction of sp³-hybridized carbons (Fsp3) is 0.786. The van der Waals surface area contributed by atoms with Gasteiger partial charge in [0.05, 0.1) is 5.92 Å². The molecule has 0 atom stereocenters. The van der Waals surface area contributed by atoms with Crippen LogP contribution in [0.2, 0.25) is 0 Å². The third kappa shape index (κ3) is 11.4. The SMILES string of the molecule is C[C](CCCCCCCCCCC(=O)O)C(=O)O. The van der Waals surface area contributed by atoms with E-state index in [2.05, 4.69) is 0 Å². The quantitative estimate of drug-likeness (QED) is 0.523. The lowest BCUT2D eigenvalue weighted by Gasteiger charge is -2.05. The average Bonchev–Trinajstić information content (AvgIpc) is 2.30. The molecule has 0 aliphatic heterocycles. The van der Waals surface area contributed by atoms with E-state index in [1.807, 2.05) is 0 Å². The molecule has 0 rings (SSSR count). The largest absolute Gasteiger partial charge is 0.481 e. The third-order valence-electron chi connectivity index (χ3n) is 3.06. The Hall–Kier alpha value is -1.06. The summed E-state index contributed by atoms with van der Waals surface area (Å²) < 4.78 is 0. The Morgan fingerprint density at radius 3 is 1.50 bits per heavy atom. The van der Waals surface area contributed by atoms with Crippen LogP contribution >= 0.6 is 0 Å². The highest BCUT2D eigenvalue weighted by Gasteiger charge is 2.10. The molecule has 4 nitrogen and oxygen atoms in total. The van der Waals surface area contributed by atoms with E-state index in [9.17, 15) is 9.59 Å². The van der Waals surface area contributed by atoms with Crippen molar-refractivity contribution in [3.05, 3.63) is 5.92 Å². The summed E-state index contributed by atoms with van der Waals surface area (Å²) >= 11 is 0. The van der Waals surface area contributed by atoms with Crippen LogP contribution in [0.4, 0.5) is 0 Å². The number of carboxylic acid groups (broad SMARTS) is 2. The van der Waals surface area contributed by atoms with Gasteiger partial charge in [0.25, 0.3) is 0 Å². The molecule has 0 spiro atoms. The van der Waals surface area contributed by atoms with Crippen LogP contribution in [0.3, 0.4) is 0 Å². The van der Waals surface area contributed by atoms with Gasteiger partial charge in [-0.2, -0.15) is 0 Å². The van der Waals surface area contributed by atoms with E-state index in [1.165, 1.54) is 6.42 Å². The van der Waals surface area contributed by atoms with Crippen LogP contribution in [0.25, 0.3) is 0 Å². The first-order valence-corrected chi connectivity index (χ1v) is 6.81.